The van der Waals surface area contributed by atoms with Gasteiger partial charge in [0.05, 0.1) is 23.4 Å². The molecule has 4 aromatic carbocycles. The molecule has 7 heteroatoms. The number of rotatable bonds is 6. The van der Waals surface area contributed by atoms with Gasteiger partial charge in [-0.25, -0.2) is 4.79 Å². The summed E-state index contributed by atoms with van der Waals surface area (Å²) in [5, 5.41) is 14.3. The van der Waals surface area contributed by atoms with Gasteiger partial charge in [0.25, 0.3) is 5.91 Å². The molecule has 0 saturated heterocycles. The molecule has 0 aliphatic heterocycles. The number of amides is 1. The van der Waals surface area contributed by atoms with Crippen LogP contribution in [0.3, 0.4) is 0 Å². The zero-order valence-electron chi connectivity index (χ0n) is 19.5. The zero-order chi connectivity index (χ0) is 25.7. The monoisotopic (exact) mass is 496 g/mol. The fraction of sp³-hybridized carbons (Fsp3) is 0.0690. The average Bonchev–Trinajstić information content (AvgIpc) is 2.89. The van der Waals surface area contributed by atoms with Crippen molar-refractivity contribution in [1.82, 2.24) is 0 Å². The molecule has 0 saturated carbocycles. The van der Waals surface area contributed by atoms with Gasteiger partial charge in [-0.3, -0.25) is 4.79 Å². The highest BCUT2D eigenvalue weighted by atomic mass is 35.5. The van der Waals surface area contributed by atoms with E-state index < -0.39 is 11.9 Å². The molecule has 0 atom stereocenters. The number of halogens is 1. The van der Waals surface area contributed by atoms with Gasteiger partial charge in [0.2, 0.25) is 0 Å². The highest BCUT2D eigenvalue weighted by Crippen LogP contribution is 2.31. The molecule has 0 spiro atoms. The summed E-state index contributed by atoms with van der Waals surface area (Å²) in [5.41, 5.74) is 1.93. The quantitative estimate of drug-likeness (QED) is 0.141. The summed E-state index contributed by atoms with van der Waals surface area (Å²) in [6, 6.07) is 24.8. The first-order chi connectivity index (χ1) is 17.4. The predicted molar refractivity (Wildman–Crippen MR) is 140 cm³/mol. The molecule has 36 heavy (non-hydrogen) atoms. The van der Waals surface area contributed by atoms with Crippen LogP contribution < -0.4 is 14.8 Å². The summed E-state index contributed by atoms with van der Waals surface area (Å²) >= 11 is 6.19. The maximum absolute atomic E-state index is 13.0. The van der Waals surface area contributed by atoms with Crippen molar-refractivity contribution in [3.8, 4) is 17.6 Å². The Morgan fingerprint density at radius 1 is 0.972 bits per heavy atom. The Morgan fingerprint density at radius 3 is 2.47 bits per heavy atom. The number of carbonyl (C=O) groups excluding carboxylic acids is 2. The van der Waals surface area contributed by atoms with Crippen LogP contribution in [0.5, 0.6) is 11.5 Å². The molecule has 1 N–H and O–H groups in total. The molecule has 4 aromatic rings. The molecule has 0 radical (unpaired) electrons. The van der Waals surface area contributed by atoms with Crippen LogP contribution in [0.1, 0.15) is 21.5 Å². The molecule has 0 bridgehead atoms. The summed E-state index contributed by atoms with van der Waals surface area (Å²) in [6.07, 6.45) is 1.40. The number of ether oxygens (including phenoxy) is 2. The number of para-hydroxylation sites is 1. The number of benzene rings is 4. The summed E-state index contributed by atoms with van der Waals surface area (Å²) in [7, 11) is 1.46. The molecule has 0 aliphatic rings. The molecule has 178 valence electrons. The van der Waals surface area contributed by atoms with Crippen molar-refractivity contribution in [1.29, 1.82) is 5.26 Å². The third-order valence-electron chi connectivity index (χ3n) is 5.54. The predicted octanol–water partition coefficient (Wildman–Crippen LogP) is 6.58. The van der Waals surface area contributed by atoms with Crippen LogP contribution in [0.15, 0.2) is 84.4 Å². The van der Waals surface area contributed by atoms with Crippen LogP contribution in [-0.4, -0.2) is 19.0 Å². The molecule has 0 fully saturated rings. The van der Waals surface area contributed by atoms with E-state index in [1.54, 1.807) is 49.4 Å². The number of aryl methyl sites for hydroxylation is 1. The van der Waals surface area contributed by atoms with Crippen molar-refractivity contribution in [3.05, 3.63) is 106 Å². The average molecular weight is 497 g/mol. The number of methoxy groups -OCH3 is 1. The first-order valence-corrected chi connectivity index (χ1v) is 11.4. The Kier molecular flexibility index (Phi) is 7.33. The van der Waals surface area contributed by atoms with Gasteiger partial charge < -0.3 is 14.8 Å². The van der Waals surface area contributed by atoms with Gasteiger partial charge in [0.15, 0.2) is 11.5 Å². The summed E-state index contributed by atoms with van der Waals surface area (Å²) in [6.45, 7) is 1.80. The standard InChI is InChI=1S/C29H21ClN2O4/c1-18-7-5-12-24(30)27(18)32-28(33)21(17-31)15-19-13-14-25(35-2)26(16-19)36-29(34)23-11-6-9-20-8-3-4-10-22(20)23/h3-16H,1-2H3,(H,32,33)/b21-15+. The molecule has 0 aliphatic carbocycles. The second-order valence-electron chi connectivity index (χ2n) is 7.88. The van der Waals surface area contributed by atoms with Crippen molar-refractivity contribution >= 4 is 46.0 Å². The Hall–Kier alpha value is -4.60. The molecule has 0 unspecified atom stereocenters. The molecule has 1 amide bonds. The second-order valence-corrected chi connectivity index (χ2v) is 8.29. The maximum atomic E-state index is 13.0. The van der Waals surface area contributed by atoms with Crippen molar-refractivity contribution < 1.29 is 19.1 Å². The van der Waals surface area contributed by atoms with E-state index in [-0.39, 0.29) is 11.3 Å². The number of hydrogen-bond acceptors (Lipinski definition) is 5. The number of fused-ring (bicyclic) bond motifs is 1. The third kappa shape index (κ3) is 5.22. The number of nitrogens with one attached hydrogen (secondary N) is 1. The molecular formula is C29H21ClN2O4. The van der Waals surface area contributed by atoms with E-state index in [1.807, 2.05) is 36.4 Å². The number of hydrogen-bond donors (Lipinski definition) is 1. The van der Waals surface area contributed by atoms with Crippen molar-refractivity contribution in [3.63, 3.8) is 0 Å². The number of esters is 1. The molecular weight excluding hydrogens is 476 g/mol. The Bertz CT molecular complexity index is 1530. The Balaban J connectivity index is 1.63. The molecule has 0 aromatic heterocycles. The fourth-order valence-electron chi connectivity index (χ4n) is 3.71. The molecule has 6 nitrogen and oxygen atoms in total. The molecule has 4 rings (SSSR count). The smallest absolute Gasteiger partial charge is 0.344 e. The summed E-state index contributed by atoms with van der Waals surface area (Å²) in [4.78, 5) is 25.8. The van der Waals surface area contributed by atoms with Gasteiger partial charge in [0, 0.05) is 0 Å². The zero-order valence-corrected chi connectivity index (χ0v) is 20.3. The summed E-state index contributed by atoms with van der Waals surface area (Å²) < 4.78 is 11.0. The van der Waals surface area contributed by atoms with E-state index in [0.29, 0.717) is 27.6 Å². The third-order valence-corrected chi connectivity index (χ3v) is 5.85. The lowest BCUT2D eigenvalue weighted by Crippen LogP contribution is -2.14. The minimum absolute atomic E-state index is 0.147. The van der Waals surface area contributed by atoms with E-state index >= 15 is 0 Å². The Labute approximate surface area is 213 Å². The van der Waals surface area contributed by atoms with Gasteiger partial charge in [-0.1, -0.05) is 66.2 Å². The largest absolute Gasteiger partial charge is 0.493 e. The lowest BCUT2D eigenvalue weighted by atomic mass is 10.0. The van der Waals surface area contributed by atoms with Crippen molar-refractivity contribution in [2.45, 2.75) is 6.92 Å². The number of nitriles is 1. The van der Waals surface area contributed by atoms with E-state index in [9.17, 15) is 14.9 Å². The van der Waals surface area contributed by atoms with E-state index in [4.69, 9.17) is 21.1 Å². The van der Waals surface area contributed by atoms with Crippen LogP contribution in [0.4, 0.5) is 5.69 Å². The van der Waals surface area contributed by atoms with Crippen LogP contribution in [0, 0.1) is 18.3 Å². The first kappa shape index (κ1) is 24.5. The van der Waals surface area contributed by atoms with Gasteiger partial charge in [0.1, 0.15) is 11.6 Å². The molecule has 0 heterocycles. The normalized spacial score (nSPS) is 11.0. The van der Waals surface area contributed by atoms with Crippen LogP contribution in [-0.2, 0) is 4.79 Å². The minimum atomic E-state index is -0.612. The lowest BCUT2D eigenvalue weighted by molar-refractivity contribution is -0.112. The van der Waals surface area contributed by atoms with Gasteiger partial charge in [-0.2, -0.15) is 5.26 Å². The van der Waals surface area contributed by atoms with Crippen molar-refractivity contribution in [2.24, 2.45) is 0 Å². The topological polar surface area (TPSA) is 88.4 Å². The van der Waals surface area contributed by atoms with E-state index in [1.165, 1.54) is 19.3 Å². The van der Waals surface area contributed by atoms with Crippen LogP contribution >= 0.6 is 11.6 Å². The van der Waals surface area contributed by atoms with Crippen LogP contribution in [0.2, 0.25) is 5.02 Å². The number of carbonyl (C=O) groups is 2. The highest BCUT2D eigenvalue weighted by Gasteiger charge is 2.17. The van der Waals surface area contributed by atoms with Gasteiger partial charge >= 0.3 is 5.97 Å². The number of nitrogens with zero attached hydrogens (tertiary/aromatic N) is 1. The Morgan fingerprint density at radius 2 is 1.72 bits per heavy atom. The van der Waals surface area contributed by atoms with Crippen LogP contribution in [0.25, 0.3) is 16.8 Å². The lowest BCUT2D eigenvalue weighted by Gasteiger charge is -2.12. The van der Waals surface area contributed by atoms with E-state index in [0.717, 1.165) is 16.3 Å². The van der Waals surface area contributed by atoms with Gasteiger partial charge in [-0.15, -0.1) is 0 Å². The maximum Gasteiger partial charge on any atom is 0.344 e. The number of anilines is 1. The van der Waals surface area contributed by atoms with E-state index in [2.05, 4.69) is 5.32 Å². The van der Waals surface area contributed by atoms with Crippen molar-refractivity contribution in [2.75, 3.05) is 12.4 Å². The highest BCUT2D eigenvalue weighted by molar-refractivity contribution is 6.34. The fourth-order valence-corrected chi connectivity index (χ4v) is 3.98. The summed E-state index contributed by atoms with van der Waals surface area (Å²) in [5.74, 6) is -0.684. The second kappa shape index (κ2) is 10.8. The van der Waals surface area contributed by atoms with Gasteiger partial charge in [-0.05, 0) is 59.2 Å². The minimum Gasteiger partial charge on any atom is -0.493 e. The SMILES string of the molecule is COc1ccc(/C=C(\C#N)C(=O)Nc2c(C)cccc2Cl)cc1OC(=O)c1cccc2ccccc12. The first-order valence-electron chi connectivity index (χ1n) is 11.0.